The zero-order chi connectivity index (χ0) is 9.68. The van der Waals surface area contributed by atoms with Crippen molar-refractivity contribution >= 4 is 12.4 Å². The molecule has 0 saturated heterocycles. The largest absolute Gasteiger partial charge is 0.377 e. The van der Waals surface area contributed by atoms with Crippen molar-refractivity contribution in [3.63, 3.8) is 0 Å². The number of methoxy groups -OCH3 is 1. The van der Waals surface area contributed by atoms with Crippen LogP contribution in [0.25, 0.3) is 0 Å². The molecule has 0 aliphatic heterocycles. The van der Waals surface area contributed by atoms with E-state index in [9.17, 15) is 4.39 Å². The van der Waals surface area contributed by atoms with Crippen molar-refractivity contribution in [2.75, 3.05) is 13.8 Å². The van der Waals surface area contributed by atoms with E-state index in [-0.39, 0.29) is 18.4 Å². The van der Waals surface area contributed by atoms with Crippen molar-refractivity contribution in [1.82, 2.24) is 9.78 Å². The predicted molar refractivity (Wildman–Crippen MR) is 54.2 cm³/mol. The van der Waals surface area contributed by atoms with Crippen LogP contribution in [0.3, 0.4) is 0 Å². The van der Waals surface area contributed by atoms with E-state index in [2.05, 4.69) is 5.10 Å². The van der Waals surface area contributed by atoms with Crippen molar-refractivity contribution in [3.8, 4) is 0 Å². The second-order valence-electron chi connectivity index (χ2n) is 2.82. The molecule has 1 aromatic heterocycles. The molecule has 2 atom stereocenters. The Bertz CT molecular complexity index is 229. The van der Waals surface area contributed by atoms with Crippen molar-refractivity contribution < 1.29 is 9.13 Å². The highest BCUT2D eigenvalue weighted by atomic mass is 35.5. The number of ether oxygens (including phenoxy) is 1. The Kier molecular flexibility index (Phi) is 6.44. The molecule has 4 nitrogen and oxygen atoms in total. The molecule has 6 heteroatoms. The van der Waals surface area contributed by atoms with Gasteiger partial charge in [-0.25, -0.2) is 4.39 Å². The van der Waals surface area contributed by atoms with Gasteiger partial charge in [0.1, 0.15) is 12.8 Å². The molecule has 0 aromatic carbocycles. The molecule has 0 unspecified atom stereocenters. The Morgan fingerprint density at radius 1 is 1.64 bits per heavy atom. The number of aromatic nitrogens is 2. The summed E-state index contributed by atoms with van der Waals surface area (Å²) >= 11 is 0. The van der Waals surface area contributed by atoms with Crippen LogP contribution < -0.4 is 5.73 Å². The summed E-state index contributed by atoms with van der Waals surface area (Å²) in [5.74, 6) is 0. The van der Waals surface area contributed by atoms with Crippen LogP contribution in [0, 0.1) is 0 Å². The number of nitrogens with two attached hydrogens (primary N) is 1. The first-order chi connectivity index (χ1) is 6.27. The van der Waals surface area contributed by atoms with Gasteiger partial charge in [0.25, 0.3) is 0 Å². The molecule has 0 fully saturated rings. The highest BCUT2D eigenvalue weighted by Crippen LogP contribution is 1.99. The van der Waals surface area contributed by atoms with Gasteiger partial charge in [0.05, 0.1) is 12.6 Å². The van der Waals surface area contributed by atoms with Crippen LogP contribution >= 0.6 is 12.4 Å². The fourth-order valence-corrected chi connectivity index (χ4v) is 1.09. The molecular weight excluding hydrogens is 209 g/mol. The van der Waals surface area contributed by atoms with Gasteiger partial charge in [0.2, 0.25) is 0 Å². The molecule has 2 N–H and O–H groups in total. The first-order valence-electron chi connectivity index (χ1n) is 4.09. The van der Waals surface area contributed by atoms with E-state index in [1.165, 1.54) is 7.11 Å². The number of alkyl halides is 1. The van der Waals surface area contributed by atoms with Gasteiger partial charge in [-0.15, -0.1) is 12.4 Å². The average Bonchev–Trinajstić information content (AvgIpc) is 2.59. The van der Waals surface area contributed by atoms with Crippen LogP contribution in [-0.2, 0) is 11.3 Å². The predicted octanol–water partition coefficient (Wildman–Crippen LogP) is 0.617. The van der Waals surface area contributed by atoms with Crippen LogP contribution in [0.4, 0.5) is 4.39 Å². The van der Waals surface area contributed by atoms with Gasteiger partial charge in [0.15, 0.2) is 0 Å². The lowest BCUT2D eigenvalue weighted by atomic mass is 10.2. The zero-order valence-corrected chi connectivity index (χ0v) is 8.78. The minimum Gasteiger partial charge on any atom is -0.377 e. The number of halogens is 2. The van der Waals surface area contributed by atoms with Gasteiger partial charge in [0, 0.05) is 19.5 Å². The number of nitrogens with zero attached hydrogens (tertiary/aromatic N) is 2. The molecule has 0 radical (unpaired) electrons. The fourth-order valence-electron chi connectivity index (χ4n) is 1.09. The third-order valence-corrected chi connectivity index (χ3v) is 1.89. The first-order valence-corrected chi connectivity index (χ1v) is 4.09. The normalized spacial score (nSPS) is 14.5. The van der Waals surface area contributed by atoms with Gasteiger partial charge in [-0.2, -0.15) is 5.10 Å². The molecule has 0 aliphatic carbocycles. The number of hydrogen-bond donors (Lipinski definition) is 1. The van der Waals surface area contributed by atoms with E-state index in [1.54, 1.807) is 23.1 Å². The maximum Gasteiger partial charge on any atom is 0.117 e. The Morgan fingerprint density at radius 3 is 2.79 bits per heavy atom. The van der Waals surface area contributed by atoms with Crippen LogP contribution in [0.1, 0.15) is 0 Å². The van der Waals surface area contributed by atoms with E-state index >= 15 is 0 Å². The maximum absolute atomic E-state index is 12.3. The lowest BCUT2D eigenvalue weighted by molar-refractivity contribution is 0.0534. The molecular formula is C8H15ClFN3O. The van der Waals surface area contributed by atoms with Crippen molar-refractivity contribution in [1.29, 1.82) is 0 Å². The number of rotatable bonds is 5. The van der Waals surface area contributed by atoms with E-state index in [4.69, 9.17) is 10.5 Å². The van der Waals surface area contributed by atoms with Crippen molar-refractivity contribution in [3.05, 3.63) is 18.5 Å². The molecule has 0 bridgehead atoms. The highest BCUT2D eigenvalue weighted by molar-refractivity contribution is 5.85. The van der Waals surface area contributed by atoms with Gasteiger partial charge in [-0.3, -0.25) is 4.68 Å². The third kappa shape index (κ3) is 3.61. The standard InChI is InChI=1S/C8H14FN3O.ClH/c1-13-8(5-9)7(10)6-12-4-2-3-11-12;/h2-4,7-8H,5-6,10H2,1H3;1H/t7-,8-;/m1./s1. The minimum absolute atomic E-state index is 0. The third-order valence-electron chi connectivity index (χ3n) is 1.89. The van der Waals surface area contributed by atoms with Gasteiger partial charge >= 0.3 is 0 Å². The topological polar surface area (TPSA) is 53.1 Å². The van der Waals surface area contributed by atoms with E-state index in [1.807, 2.05) is 0 Å². The molecule has 0 aliphatic rings. The quantitative estimate of drug-likeness (QED) is 0.796. The molecule has 82 valence electrons. The highest BCUT2D eigenvalue weighted by Gasteiger charge is 2.17. The summed E-state index contributed by atoms with van der Waals surface area (Å²) in [7, 11) is 1.45. The van der Waals surface area contributed by atoms with E-state index < -0.39 is 12.8 Å². The SMILES string of the molecule is CO[C@H](CF)[C@H](N)Cn1cccn1.Cl. The van der Waals surface area contributed by atoms with E-state index in [0.29, 0.717) is 6.54 Å². The summed E-state index contributed by atoms with van der Waals surface area (Å²) in [4.78, 5) is 0. The molecule has 14 heavy (non-hydrogen) atoms. The second-order valence-corrected chi connectivity index (χ2v) is 2.82. The summed E-state index contributed by atoms with van der Waals surface area (Å²) in [5, 5.41) is 3.97. The second kappa shape index (κ2) is 6.75. The fraction of sp³-hybridized carbons (Fsp3) is 0.625. The van der Waals surface area contributed by atoms with Crippen molar-refractivity contribution in [2.45, 2.75) is 18.7 Å². The lowest BCUT2D eigenvalue weighted by Gasteiger charge is -2.19. The van der Waals surface area contributed by atoms with Gasteiger partial charge in [-0.05, 0) is 6.07 Å². The van der Waals surface area contributed by atoms with Crippen LogP contribution in [-0.4, -0.2) is 35.7 Å². The molecule has 0 amide bonds. The smallest absolute Gasteiger partial charge is 0.117 e. The monoisotopic (exact) mass is 223 g/mol. The summed E-state index contributed by atoms with van der Waals surface area (Å²) in [6.07, 6.45) is 2.89. The molecule has 1 rings (SSSR count). The Morgan fingerprint density at radius 2 is 2.36 bits per heavy atom. The first kappa shape index (κ1) is 13.4. The van der Waals surface area contributed by atoms with Crippen molar-refractivity contribution in [2.24, 2.45) is 5.73 Å². The Hall–Kier alpha value is -0.650. The van der Waals surface area contributed by atoms with Crippen LogP contribution in [0.2, 0.25) is 0 Å². The molecule has 0 saturated carbocycles. The molecule has 1 heterocycles. The molecule has 1 aromatic rings. The Labute approximate surface area is 88.6 Å². The van der Waals surface area contributed by atoms with E-state index in [0.717, 1.165) is 0 Å². The average molecular weight is 224 g/mol. The minimum atomic E-state index is -0.571. The van der Waals surface area contributed by atoms with Crippen LogP contribution in [0.5, 0.6) is 0 Å². The summed E-state index contributed by atoms with van der Waals surface area (Å²) in [5.41, 5.74) is 5.70. The summed E-state index contributed by atoms with van der Waals surface area (Å²) in [6, 6.07) is 1.43. The van der Waals surface area contributed by atoms with Gasteiger partial charge < -0.3 is 10.5 Å². The lowest BCUT2D eigenvalue weighted by Crippen LogP contribution is -2.41. The molecule has 0 spiro atoms. The zero-order valence-electron chi connectivity index (χ0n) is 7.97. The van der Waals surface area contributed by atoms with Gasteiger partial charge in [-0.1, -0.05) is 0 Å². The van der Waals surface area contributed by atoms with Crippen LogP contribution in [0.15, 0.2) is 18.5 Å². The number of hydrogen-bond acceptors (Lipinski definition) is 3. The maximum atomic E-state index is 12.3. The summed E-state index contributed by atoms with van der Waals surface area (Å²) in [6.45, 7) is -0.103. The Balaban J connectivity index is 0.00000169. The summed E-state index contributed by atoms with van der Waals surface area (Å²) < 4.78 is 18.8.